The topological polar surface area (TPSA) is 68.1 Å². The molecule has 0 radical (unpaired) electrons. The molecule has 19 heavy (non-hydrogen) atoms. The van der Waals surface area contributed by atoms with Crippen LogP contribution in [-0.2, 0) is 0 Å². The molecule has 1 atom stereocenters. The molecule has 0 amide bonds. The number of pyridine rings is 1. The summed E-state index contributed by atoms with van der Waals surface area (Å²) in [5.74, 6) is 0. The molecule has 0 aliphatic carbocycles. The number of nitro groups is 1. The molecule has 2 rings (SSSR count). The first-order chi connectivity index (χ1) is 9.09. The third kappa shape index (κ3) is 3.00. The van der Waals surface area contributed by atoms with Crippen molar-refractivity contribution < 1.29 is 4.92 Å². The molecule has 6 heteroatoms. The van der Waals surface area contributed by atoms with Crippen molar-refractivity contribution in [3.05, 3.63) is 63.4 Å². The van der Waals surface area contributed by atoms with E-state index in [-0.39, 0.29) is 11.7 Å². The summed E-state index contributed by atoms with van der Waals surface area (Å²) in [5.41, 5.74) is 1.27. The van der Waals surface area contributed by atoms with Crippen LogP contribution in [0.1, 0.15) is 18.5 Å². The van der Waals surface area contributed by atoms with Crippen LogP contribution in [0.5, 0.6) is 0 Å². The van der Waals surface area contributed by atoms with Crippen LogP contribution >= 0.6 is 11.6 Å². The van der Waals surface area contributed by atoms with Crippen molar-refractivity contribution in [1.29, 1.82) is 0 Å². The molecular formula is C13H12ClN3O2. The fourth-order valence-electron chi connectivity index (χ4n) is 1.76. The van der Waals surface area contributed by atoms with Crippen LogP contribution in [0.4, 0.5) is 11.4 Å². The molecule has 5 nitrogen and oxygen atoms in total. The fraction of sp³-hybridized carbons (Fsp3) is 0.154. The molecule has 1 N–H and O–H groups in total. The number of hydrogen-bond acceptors (Lipinski definition) is 4. The van der Waals surface area contributed by atoms with Crippen molar-refractivity contribution in [3.8, 4) is 0 Å². The number of nitro benzene ring substituents is 1. The molecule has 2 aromatic rings. The van der Waals surface area contributed by atoms with Crippen LogP contribution < -0.4 is 5.32 Å². The lowest BCUT2D eigenvalue weighted by Gasteiger charge is -2.16. The van der Waals surface area contributed by atoms with Crippen LogP contribution in [-0.4, -0.2) is 9.91 Å². The van der Waals surface area contributed by atoms with E-state index in [1.54, 1.807) is 24.5 Å². The Morgan fingerprint density at radius 1 is 1.32 bits per heavy atom. The summed E-state index contributed by atoms with van der Waals surface area (Å²) in [6.07, 6.45) is 3.35. The summed E-state index contributed by atoms with van der Waals surface area (Å²) in [7, 11) is 0. The Labute approximate surface area is 115 Å². The van der Waals surface area contributed by atoms with Crippen molar-refractivity contribution >= 4 is 23.0 Å². The molecule has 0 aliphatic rings. The van der Waals surface area contributed by atoms with Gasteiger partial charge in [-0.25, -0.2) is 0 Å². The minimum absolute atomic E-state index is 0.0339. The second-order valence-corrected chi connectivity index (χ2v) is 4.44. The standard InChI is InChI=1S/C13H12ClN3O2/c1-9(10-5-7-15-8-6-10)16-13-11(14)3-2-4-12(13)17(18)19/h2-9,16H,1H3. The minimum atomic E-state index is -0.451. The van der Waals surface area contributed by atoms with Gasteiger partial charge in [-0.3, -0.25) is 15.1 Å². The van der Waals surface area contributed by atoms with E-state index in [4.69, 9.17) is 11.6 Å². The Morgan fingerprint density at radius 3 is 2.63 bits per heavy atom. The van der Waals surface area contributed by atoms with Crippen molar-refractivity contribution in [2.75, 3.05) is 5.32 Å². The highest BCUT2D eigenvalue weighted by atomic mass is 35.5. The number of hydrogen-bond donors (Lipinski definition) is 1. The van der Waals surface area contributed by atoms with Gasteiger partial charge in [-0.2, -0.15) is 0 Å². The van der Waals surface area contributed by atoms with E-state index in [1.165, 1.54) is 6.07 Å². The number of nitrogens with one attached hydrogen (secondary N) is 1. The smallest absolute Gasteiger partial charge is 0.293 e. The summed E-state index contributed by atoms with van der Waals surface area (Å²) < 4.78 is 0. The van der Waals surface area contributed by atoms with E-state index in [0.717, 1.165) is 5.56 Å². The van der Waals surface area contributed by atoms with Crippen molar-refractivity contribution in [2.45, 2.75) is 13.0 Å². The molecule has 0 aliphatic heterocycles. The number of benzene rings is 1. The van der Waals surface area contributed by atoms with Gasteiger partial charge in [0.05, 0.1) is 9.95 Å². The molecule has 1 unspecified atom stereocenters. The molecule has 0 spiro atoms. The van der Waals surface area contributed by atoms with Crippen LogP contribution in [0.25, 0.3) is 0 Å². The maximum atomic E-state index is 11.0. The average Bonchev–Trinajstić information content (AvgIpc) is 2.41. The van der Waals surface area contributed by atoms with Gasteiger partial charge < -0.3 is 5.32 Å². The summed E-state index contributed by atoms with van der Waals surface area (Å²) in [6, 6.07) is 8.19. The number of nitrogens with zero attached hydrogens (tertiary/aromatic N) is 2. The van der Waals surface area contributed by atoms with Crippen molar-refractivity contribution in [3.63, 3.8) is 0 Å². The van der Waals surface area contributed by atoms with Gasteiger partial charge in [0.2, 0.25) is 0 Å². The lowest BCUT2D eigenvalue weighted by Crippen LogP contribution is -2.08. The summed E-state index contributed by atoms with van der Waals surface area (Å²) in [4.78, 5) is 14.5. The van der Waals surface area contributed by atoms with Crippen LogP contribution in [0.15, 0.2) is 42.7 Å². The van der Waals surface area contributed by atoms with E-state index in [9.17, 15) is 10.1 Å². The van der Waals surface area contributed by atoms with Crippen LogP contribution in [0.2, 0.25) is 5.02 Å². The third-order valence-corrected chi connectivity index (χ3v) is 3.07. The zero-order chi connectivity index (χ0) is 13.8. The highest BCUT2D eigenvalue weighted by Gasteiger charge is 2.18. The molecule has 98 valence electrons. The van der Waals surface area contributed by atoms with Gasteiger partial charge in [0, 0.05) is 24.5 Å². The average molecular weight is 278 g/mol. The Hall–Kier alpha value is -2.14. The molecule has 0 fully saturated rings. The van der Waals surface area contributed by atoms with Crippen LogP contribution in [0.3, 0.4) is 0 Å². The van der Waals surface area contributed by atoms with E-state index < -0.39 is 4.92 Å². The van der Waals surface area contributed by atoms with Gasteiger partial charge in [0.1, 0.15) is 5.69 Å². The maximum absolute atomic E-state index is 11.0. The highest BCUT2D eigenvalue weighted by molar-refractivity contribution is 6.33. The van der Waals surface area contributed by atoms with Crippen molar-refractivity contribution in [1.82, 2.24) is 4.98 Å². The summed E-state index contributed by atoms with van der Waals surface area (Å²) in [5, 5.41) is 14.4. The molecule has 1 aromatic heterocycles. The molecule has 0 bridgehead atoms. The predicted octanol–water partition coefficient (Wildman–Crippen LogP) is 3.82. The second-order valence-electron chi connectivity index (χ2n) is 4.04. The Morgan fingerprint density at radius 2 is 2.00 bits per heavy atom. The van der Waals surface area contributed by atoms with Gasteiger partial charge in [0.15, 0.2) is 0 Å². The van der Waals surface area contributed by atoms with Gasteiger partial charge in [-0.1, -0.05) is 17.7 Å². The predicted molar refractivity (Wildman–Crippen MR) is 74.4 cm³/mol. The number of rotatable bonds is 4. The van der Waals surface area contributed by atoms with Gasteiger partial charge in [0.25, 0.3) is 5.69 Å². The molecule has 0 saturated carbocycles. The van der Waals surface area contributed by atoms with Gasteiger partial charge in [-0.05, 0) is 30.7 Å². The number of anilines is 1. The second kappa shape index (κ2) is 5.67. The first kappa shape index (κ1) is 13.3. The van der Waals surface area contributed by atoms with Gasteiger partial charge in [-0.15, -0.1) is 0 Å². The SMILES string of the molecule is CC(Nc1c(Cl)cccc1[N+](=O)[O-])c1ccncc1. The monoisotopic (exact) mass is 277 g/mol. The number of para-hydroxylation sites is 1. The van der Waals surface area contributed by atoms with Gasteiger partial charge >= 0.3 is 0 Å². The molecule has 1 aromatic carbocycles. The normalized spacial score (nSPS) is 11.9. The molecule has 1 heterocycles. The minimum Gasteiger partial charge on any atom is -0.372 e. The number of halogens is 1. The third-order valence-electron chi connectivity index (χ3n) is 2.76. The van der Waals surface area contributed by atoms with E-state index in [0.29, 0.717) is 10.7 Å². The summed E-state index contributed by atoms with van der Waals surface area (Å²) in [6.45, 7) is 1.91. The van der Waals surface area contributed by atoms with Crippen molar-refractivity contribution in [2.24, 2.45) is 0 Å². The van der Waals surface area contributed by atoms with Crippen LogP contribution in [0, 0.1) is 10.1 Å². The zero-order valence-corrected chi connectivity index (χ0v) is 11.0. The Bertz CT molecular complexity index is 590. The van der Waals surface area contributed by atoms with E-state index >= 15 is 0 Å². The largest absolute Gasteiger partial charge is 0.372 e. The Balaban J connectivity index is 2.31. The number of aromatic nitrogens is 1. The first-order valence-electron chi connectivity index (χ1n) is 5.69. The molecule has 0 saturated heterocycles. The quantitative estimate of drug-likeness (QED) is 0.681. The fourth-order valence-corrected chi connectivity index (χ4v) is 1.98. The van der Waals surface area contributed by atoms with E-state index in [1.807, 2.05) is 19.1 Å². The zero-order valence-electron chi connectivity index (χ0n) is 10.2. The maximum Gasteiger partial charge on any atom is 0.293 e. The first-order valence-corrected chi connectivity index (χ1v) is 6.06. The summed E-state index contributed by atoms with van der Waals surface area (Å²) >= 11 is 6.03. The Kier molecular flexibility index (Phi) is 3.97. The highest BCUT2D eigenvalue weighted by Crippen LogP contribution is 2.34. The van der Waals surface area contributed by atoms with E-state index in [2.05, 4.69) is 10.3 Å². The molecular weight excluding hydrogens is 266 g/mol. The lowest BCUT2D eigenvalue weighted by molar-refractivity contribution is -0.384. The lowest BCUT2D eigenvalue weighted by atomic mass is 10.1.